The molecule has 0 bridgehead atoms. The van der Waals surface area contributed by atoms with Crippen LogP contribution in [0.15, 0.2) is 0 Å². The SMILES string of the molecule is CC(C)(C)OC(=O)N1CCC2(CCC(N3CCN(C(C)(C)C)CC3)CC2)CC1. The largest absolute Gasteiger partial charge is 0.444 e. The van der Waals surface area contributed by atoms with Crippen LogP contribution in [0.1, 0.15) is 80.1 Å². The Hall–Kier alpha value is -0.810. The van der Waals surface area contributed by atoms with Gasteiger partial charge in [0.2, 0.25) is 0 Å². The molecule has 0 aromatic carbocycles. The van der Waals surface area contributed by atoms with Crippen LogP contribution in [-0.4, -0.2) is 77.2 Å². The van der Waals surface area contributed by atoms with Crippen LogP contribution in [0.5, 0.6) is 0 Å². The standard InChI is InChI=1S/C23H43N3O2/c1-21(2,3)26-17-15-24(16-18-26)19-7-9-23(10-8-19)11-13-25(14-12-23)20(27)28-22(4,5)6/h19H,7-18H2,1-6H3. The summed E-state index contributed by atoms with van der Waals surface area (Å²) in [6, 6.07) is 0.775. The van der Waals surface area contributed by atoms with Crippen molar-refractivity contribution in [1.82, 2.24) is 14.7 Å². The molecule has 3 rings (SSSR count). The lowest BCUT2D eigenvalue weighted by Crippen LogP contribution is -2.56. The van der Waals surface area contributed by atoms with Gasteiger partial charge >= 0.3 is 6.09 Å². The van der Waals surface area contributed by atoms with Crippen LogP contribution in [0.4, 0.5) is 4.79 Å². The van der Waals surface area contributed by atoms with Crippen LogP contribution in [0, 0.1) is 5.41 Å². The third-order valence-electron chi connectivity index (χ3n) is 7.27. The van der Waals surface area contributed by atoms with Crippen molar-refractivity contribution >= 4 is 6.09 Å². The van der Waals surface area contributed by atoms with Crippen molar-refractivity contribution < 1.29 is 9.53 Å². The molecule has 3 aliphatic rings. The highest BCUT2D eigenvalue weighted by Gasteiger charge is 2.41. The fourth-order valence-electron chi connectivity index (χ4n) is 5.33. The van der Waals surface area contributed by atoms with Gasteiger partial charge in [-0.15, -0.1) is 0 Å². The fourth-order valence-corrected chi connectivity index (χ4v) is 5.33. The van der Waals surface area contributed by atoms with Crippen molar-refractivity contribution in [2.24, 2.45) is 5.41 Å². The third kappa shape index (κ3) is 5.41. The zero-order chi connectivity index (χ0) is 20.6. The molecular formula is C23H43N3O2. The highest BCUT2D eigenvalue weighted by Crippen LogP contribution is 2.45. The highest BCUT2D eigenvalue weighted by atomic mass is 16.6. The molecule has 162 valence electrons. The lowest BCUT2D eigenvalue weighted by Gasteiger charge is -2.50. The summed E-state index contributed by atoms with van der Waals surface area (Å²) in [5.41, 5.74) is 0.369. The topological polar surface area (TPSA) is 36.0 Å². The number of amides is 1. The molecule has 0 aromatic rings. The van der Waals surface area contributed by atoms with Crippen molar-refractivity contribution in [3.05, 3.63) is 0 Å². The third-order valence-corrected chi connectivity index (χ3v) is 7.27. The molecule has 5 heteroatoms. The van der Waals surface area contributed by atoms with Crippen molar-refractivity contribution in [2.45, 2.75) is 97.2 Å². The molecule has 2 heterocycles. The number of likely N-dealkylation sites (tertiary alicyclic amines) is 1. The Bertz CT molecular complexity index is 523. The first-order chi connectivity index (χ1) is 13.0. The molecule has 0 unspecified atom stereocenters. The van der Waals surface area contributed by atoms with E-state index in [1.165, 1.54) is 51.9 Å². The van der Waals surface area contributed by atoms with Gasteiger partial charge in [-0.05, 0) is 85.5 Å². The Kier molecular flexibility index (Phi) is 6.36. The van der Waals surface area contributed by atoms with Gasteiger partial charge < -0.3 is 9.64 Å². The number of ether oxygens (including phenoxy) is 1. The maximum absolute atomic E-state index is 12.3. The number of piperidine rings is 1. The second kappa shape index (κ2) is 8.14. The minimum atomic E-state index is -0.401. The van der Waals surface area contributed by atoms with E-state index in [9.17, 15) is 4.79 Å². The number of hydrogen-bond donors (Lipinski definition) is 0. The lowest BCUT2D eigenvalue weighted by atomic mass is 9.66. The highest BCUT2D eigenvalue weighted by molar-refractivity contribution is 5.68. The normalized spacial score (nSPS) is 25.9. The molecule has 0 aromatic heterocycles. The molecule has 28 heavy (non-hydrogen) atoms. The van der Waals surface area contributed by atoms with Gasteiger partial charge in [-0.25, -0.2) is 4.79 Å². The molecule has 0 radical (unpaired) electrons. The van der Waals surface area contributed by atoms with Gasteiger partial charge in [-0.2, -0.15) is 0 Å². The number of hydrogen-bond acceptors (Lipinski definition) is 4. The Morgan fingerprint density at radius 3 is 1.82 bits per heavy atom. The number of piperazine rings is 1. The van der Waals surface area contributed by atoms with Gasteiger partial charge in [0.1, 0.15) is 5.60 Å². The lowest BCUT2D eigenvalue weighted by molar-refractivity contribution is -0.0114. The minimum Gasteiger partial charge on any atom is -0.444 e. The van der Waals surface area contributed by atoms with E-state index in [1.807, 2.05) is 25.7 Å². The summed E-state index contributed by atoms with van der Waals surface area (Å²) in [7, 11) is 0. The first kappa shape index (κ1) is 21.9. The van der Waals surface area contributed by atoms with Crippen LogP contribution in [0.3, 0.4) is 0 Å². The number of carbonyl (C=O) groups is 1. The number of nitrogens with zero attached hydrogens (tertiary/aromatic N) is 3. The first-order valence-corrected chi connectivity index (χ1v) is 11.4. The summed E-state index contributed by atoms with van der Waals surface area (Å²) in [5, 5.41) is 0. The van der Waals surface area contributed by atoms with Crippen molar-refractivity contribution in [3.8, 4) is 0 Å². The fraction of sp³-hybridized carbons (Fsp3) is 0.957. The average molecular weight is 394 g/mol. The summed E-state index contributed by atoms with van der Waals surface area (Å²) in [6.07, 6.45) is 7.50. The van der Waals surface area contributed by atoms with E-state index in [2.05, 4.69) is 30.6 Å². The van der Waals surface area contributed by atoms with Crippen molar-refractivity contribution in [1.29, 1.82) is 0 Å². The molecule has 2 saturated heterocycles. The maximum Gasteiger partial charge on any atom is 0.410 e. The summed E-state index contributed by atoms with van der Waals surface area (Å²) in [4.78, 5) is 19.6. The Morgan fingerprint density at radius 2 is 1.36 bits per heavy atom. The molecule has 1 aliphatic carbocycles. The van der Waals surface area contributed by atoms with E-state index in [0.717, 1.165) is 32.0 Å². The predicted octanol–water partition coefficient (Wildman–Crippen LogP) is 4.36. The second-order valence-electron chi connectivity index (χ2n) is 11.4. The molecule has 0 N–H and O–H groups in total. The molecule has 0 atom stereocenters. The monoisotopic (exact) mass is 393 g/mol. The van der Waals surface area contributed by atoms with E-state index in [0.29, 0.717) is 11.0 Å². The van der Waals surface area contributed by atoms with Gasteiger partial charge in [0.25, 0.3) is 0 Å². The number of carbonyl (C=O) groups excluding carboxylic acids is 1. The predicted molar refractivity (Wildman–Crippen MR) is 115 cm³/mol. The smallest absolute Gasteiger partial charge is 0.410 e. The van der Waals surface area contributed by atoms with E-state index < -0.39 is 5.60 Å². The van der Waals surface area contributed by atoms with E-state index in [-0.39, 0.29) is 6.09 Å². The molecule has 1 spiro atoms. The molecule has 1 saturated carbocycles. The van der Waals surface area contributed by atoms with Crippen LogP contribution >= 0.6 is 0 Å². The average Bonchev–Trinajstić information content (AvgIpc) is 2.61. The zero-order valence-corrected chi connectivity index (χ0v) is 19.2. The summed E-state index contributed by atoms with van der Waals surface area (Å²) >= 11 is 0. The molecule has 2 aliphatic heterocycles. The summed E-state index contributed by atoms with van der Waals surface area (Å²) in [5.74, 6) is 0. The molecule has 5 nitrogen and oxygen atoms in total. The van der Waals surface area contributed by atoms with E-state index >= 15 is 0 Å². The quantitative estimate of drug-likeness (QED) is 0.663. The summed E-state index contributed by atoms with van der Waals surface area (Å²) < 4.78 is 5.56. The summed E-state index contributed by atoms with van der Waals surface area (Å²) in [6.45, 7) is 19.4. The molecule has 1 amide bonds. The van der Waals surface area contributed by atoms with Crippen LogP contribution in [0.25, 0.3) is 0 Å². The van der Waals surface area contributed by atoms with Crippen LogP contribution in [0.2, 0.25) is 0 Å². The zero-order valence-electron chi connectivity index (χ0n) is 19.2. The van der Waals surface area contributed by atoms with Gasteiger partial charge in [0, 0.05) is 50.8 Å². The minimum absolute atomic E-state index is 0.132. The Labute approximate surface area is 172 Å². The number of rotatable bonds is 1. The van der Waals surface area contributed by atoms with Crippen LogP contribution in [-0.2, 0) is 4.74 Å². The van der Waals surface area contributed by atoms with Gasteiger partial charge in [-0.3, -0.25) is 9.80 Å². The van der Waals surface area contributed by atoms with Gasteiger partial charge in [-0.1, -0.05) is 0 Å². The Morgan fingerprint density at radius 1 is 0.821 bits per heavy atom. The molecular weight excluding hydrogens is 350 g/mol. The van der Waals surface area contributed by atoms with Gasteiger partial charge in [0.15, 0.2) is 0 Å². The van der Waals surface area contributed by atoms with Crippen LogP contribution < -0.4 is 0 Å². The van der Waals surface area contributed by atoms with E-state index in [4.69, 9.17) is 4.74 Å². The second-order valence-corrected chi connectivity index (χ2v) is 11.4. The maximum atomic E-state index is 12.3. The molecule has 3 fully saturated rings. The van der Waals surface area contributed by atoms with Crippen molar-refractivity contribution in [2.75, 3.05) is 39.3 Å². The van der Waals surface area contributed by atoms with E-state index in [1.54, 1.807) is 0 Å². The first-order valence-electron chi connectivity index (χ1n) is 11.4. The Balaban J connectivity index is 1.43. The van der Waals surface area contributed by atoms with Gasteiger partial charge in [0.05, 0.1) is 0 Å². The van der Waals surface area contributed by atoms with Crippen molar-refractivity contribution in [3.63, 3.8) is 0 Å².